The molecule has 5 nitrogen and oxygen atoms in total. The number of likely N-dealkylation sites (N-methyl/N-ethyl adjacent to an activating group) is 1. The average molecular weight is 614 g/mol. The van der Waals surface area contributed by atoms with Crippen LogP contribution in [0.5, 0.6) is 11.5 Å². The van der Waals surface area contributed by atoms with E-state index < -0.39 is 0 Å². The lowest BCUT2D eigenvalue weighted by Gasteiger charge is -2.15. The van der Waals surface area contributed by atoms with Crippen molar-refractivity contribution in [2.24, 2.45) is 0 Å². The molecule has 0 saturated heterocycles. The largest absolute Gasteiger partial charge is 0.492 e. The zero-order valence-corrected chi connectivity index (χ0v) is 27.0. The second-order valence-electron chi connectivity index (χ2n) is 10.7. The molecule has 2 atom stereocenters. The maximum absolute atomic E-state index is 12.7. The van der Waals surface area contributed by atoms with Gasteiger partial charge in [0.2, 0.25) is 0 Å². The van der Waals surface area contributed by atoms with E-state index in [4.69, 9.17) is 21.1 Å². The monoisotopic (exact) mass is 613 g/mol. The van der Waals surface area contributed by atoms with Gasteiger partial charge in [0.15, 0.2) is 11.6 Å². The predicted molar refractivity (Wildman–Crippen MR) is 181 cm³/mol. The molecule has 0 aliphatic rings. The van der Waals surface area contributed by atoms with Crippen LogP contribution in [0.3, 0.4) is 0 Å². The summed E-state index contributed by atoms with van der Waals surface area (Å²) in [5, 5.41) is 0. The molecule has 44 heavy (non-hydrogen) atoms. The van der Waals surface area contributed by atoms with Gasteiger partial charge in [0.1, 0.15) is 24.7 Å². The molecule has 0 spiro atoms. The zero-order valence-electron chi connectivity index (χ0n) is 26.2. The van der Waals surface area contributed by atoms with Gasteiger partial charge in [-0.15, -0.1) is 11.6 Å². The van der Waals surface area contributed by atoms with Gasteiger partial charge in [0.25, 0.3) is 0 Å². The molecule has 0 bridgehead atoms. The van der Waals surface area contributed by atoms with Gasteiger partial charge in [0.05, 0.1) is 5.88 Å². The second-order valence-corrected chi connectivity index (χ2v) is 11.1. The Labute approximate surface area is 267 Å². The van der Waals surface area contributed by atoms with Gasteiger partial charge >= 0.3 is 0 Å². The SMILES string of the molecule is CCC(C(=O)c1ccc(OCCCl)cc1)c1ccccc1.CCC(C(=O)c1ccc(OCCN(C)C)cc1)c1ccccc1. The molecule has 0 aliphatic heterocycles. The minimum absolute atomic E-state index is 0.0864. The molecule has 0 heterocycles. The van der Waals surface area contributed by atoms with Crippen LogP contribution in [0.2, 0.25) is 0 Å². The molecule has 0 radical (unpaired) electrons. The predicted octanol–water partition coefficient (Wildman–Crippen LogP) is 8.68. The second kappa shape index (κ2) is 18.7. The number of alkyl halides is 1. The molecular formula is C38H44ClNO4. The summed E-state index contributed by atoms with van der Waals surface area (Å²) in [6.45, 7) is 6.06. The summed E-state index contributed by atoms with van der Waals surface area (Å²) in [6.07, 6.45) is 1.58. The molecule has 4 aromatic carbocycles. The number of hydrogen-bond acceptors (Lipinski definition) is 5. The normalized spacial score (nSPS) is 12.0. The van der Waals surface area contributed by atoms with Gasteiger partial charge in [-0.1, -0.05) is 74.5 Å². The van der Waals surface area contributed by atoms with Crippen LogP contribution >= 0.6 is 11.6 Å². The van der Waals surface area contributed by atoms with Crippen molar-refractivity contribution < 1.29 is 19.1 Å². The van der Waals surface area contributed by atoms with Crippen molar-refractivity contribution in [2.75, 3.05) is 39.7 Å². The molecule has 0 fully saturated rings. The molecule has 2 unspecified atom stereocenters. The lowest BCUT2D eigenvalue weighted by atomic mass is 9.89. The summed E-state index contributed by atoms with van der Waals surface area (Å²) in [5.74, 6) is 2.12. The van der Waals surface area contributed by atoms with E-state index in [0.29, 0.717) is 24.7 Å². The van der Waals surface area contributed by atoms with Crippen molar-refractivity contribution in [1.82, 2.24) is 4.90 Å². The summed E-state index contributed by atoms with van der Waals surface area (Å²) < 4.78 is 11.1. The van der Waals surface area contributed by atoms with Gasteiger partial charge in [-0.25, -0.2) is 0 Å². The van der Waals surface area contributed by atoms with E-state index >= 15 is 0 Å². The maximum atomic E-state index is 12.7. The third-order valence-electron chi connectivity index (χ3n) is 7.28. The number of carbonyl (C=O) groups is 2. The van der Waals surface area contributed by atoms with E-state index in [1.54, 1.807) is 0 Å². The van der Waals surface area contributed by atoms with Gasteiger partial charge in [0, 0.05) is 29.5 Å². The first-order valence-corrected chi connectivity index (χ1v) is 15.8. The number of ether oxygens (including phenoxy) is 2. The Morgan fingerprint density at radius 2 is 1.00 bits per heavy atom. The first kappa shape index (κ1) is 34.6. The van der Waals surface area contributed by atoms with Crippen LogP contribution in [0.4, 0.5) is 0 Å². The summed E-state index contributed by atoms with van der Waals surface area (Å²) in [4.78, 5) is 27.5. The Balaban J connectivity index is 0.000000241. The van der Waals surface area contributed by atoms with Crippen LogP contribution in [0.15, 0.2) is 109 Å². The highest BCUT2D eigenvalue weighted by molar-refractivity contribution is 6.18. The van der Waals surface area contributed by atoms with Crippen LogP contribution in [-0.2, 0) is 0 Å². The van der Waals surface area contributed by atoms with Gasteiger partial charge in [-0.3, -0.25) is 9.59 Å². The molecule has 0 aromatic heterocycles. The molecule has 4 aromatic rings. The summed E-state index contributed by atoms with van der Waals surface area (Å²) in [5.41, 5.74) is 3.59. The van der Waals surface area contributed by atoms with E-state index in [9.17, 15) is 9.59 Å². The van der Waals surface area contributed by atoms with Crippen molar-refractivity contribution in [2.45, 2.75) is 38.5 Å². The molecule has 0 saturated carbocycles. The Kier molecular flexibility index (Phi) is 14.7. The summed E-state index contributed by atoms with van der Waals surface area (Å²) in [7, 11) is 4.03. The number of hydrogen-bond donors (Lipinski definition) is 0. The first-order valence-electron chi connectivity index (χ1n) is 15.2. The van der Waals surface area contributed by atoms with Gasteiger partial charge in [-0.05, 0) is 86.6 Å². The van der Waals surface area contributed by atoms with Crippen molar-refractivity contribution in [1.29, 1.82) is 0 Å². The highest BCUT2D eigenvalue weighted by Crippen LogP contribution is 2.26. The van der Waals surface area contributed by atoms with E-state index in [2.05, 4.69) is 4.90 Å². The standard InChI is InChI=1S/C20H25NO2.C18H19ClO2/c1-4-19(16-8-6-5-7-9-16)20(22)17-10-12-18(13-11-17)23-15-14-21(2)3;1-2-17(14-6-4-3-5-7-14)18(20)15-8-10-16(11-9-15)21-13-12-19/h5-13,19H,4,14-15H2,1-3H3;3-11,17H,2,12-13H2,1H3. The maximum Gasteiger partial charge on any atom is 0.170 e. The number of benzene rings is 4. The highest BCUT2D eigenvalue weighted by atomic mass is 35.5. The minimum Gasteiger partial charge on any atom is -0.492 e. The van der Waals surface area contributed by atoms with Crippen molar-refractivity contribution >= 4 is 23.2 Å². The molecular weight excluding hydrogens is 570 g/mol. The van der Waals surface area contributed by atoms with Crippen LogP contribution in [0, 0.1) is 0 Å². The Morgan fingerprint density at radius 1 is 0.614 bits per heavy atom. The Hall–Kier alpha value is -3.93. The van der Waals surface area contributed by atoms with Crippen LogP contribution in [-0.4, -0.2) is 56.2 Å². The third kappa shape index (κ3) is 10.7. The number of rotatable bonds is 15. The van der Waals surface area contributed by atoms with Gasteiger partial charge in [-0.2, -0.15) is 0 Å². The molecule has 0 N–H and O–H groups in total. The molecule has 6 heteroatoms. The molecule has 232 valence electrons. The molecule has 0 amide bonds. The fourth-order valence-electron chi connectivity index (χ4n) is 4.85. The lowest BCUT2D eigenvalue weighted by molar-refractivity contribution is 0.0949. The molecule has 4 rings (SSSR count). The van der Waals surface area contributed by atoms with Crippen molar-refractivity contribution in [3.63, 3.8) is 0 Å². The number of ketones is 2. The van der Waals surface area contributed by atoms with Crippen LogP contribution in [0.25, 0.3) is 0 Å². The van der Waals surface area contributed by atoms with E-state index in [-0.39, 0.29) is 23.4 Å². The van der Waals surface area contributed by atoms with Crippen LogP contribution in [0.1, 0.15) is 70.4 Å². The number of carbonyl (C=O) groups excluding carboxylic acids is 2. The zero-order chi connectivity index (χ0) is 31.7. The average Bonchev–Trinajstić information content (AvgIpc) is 3.06. The van der Waals surface area contributed by atoms with E-state index in [1.165, 1.54) is 0 Å². The van der Waals surface area contributed by atoms with Crippen LogP contribution < -0.4 is 9.47 Å². The first-order chi connectivity index (χ1) is 21.4. The Morgan fingerprint density at radius 3 is 1.34 bits per heavy atom. The fourth-order valence-corrected chi connectivity index (χ4v) is 4.93. The fraction of sp³-hybridized carbons (Fsp3) is 0.316. The van der Waals surface area contributed by atoms with Gasteiger partial charge < -0.3 is 14.4 Å². The lowest BCUT2D eigenvalue weighted by Crippen LogP contribution is -2.19. The Bertz CT molecular complexity index is 1390. The van der Waals surface area contributed by atoms with E-state index in [0.717, 1.165) is 47.6 Å². The smallest absolute Gasteiger partial charge is 0.170 e. The molecule has 0 aliphatic carbocycles. The topological polar surface area (TPSA) is 55.8 Å². The van der Waals surface area contributed by atoms with Crippen molar-refractivity contribution in [3.8, 4) is 11.5 Å². The number of halogens is 1. The van der Waals surface area contributed by atoms with Crippen molar-refractivity contribution in [3.05, 3.63) is 131 Å². The summed E-state index contributed by atoms with van der Waals surface area (Å²) >= 11 is 5.58. The third-order valence-corrected chi connectivity index (χ3v) is 7.44. The highest BCUT2D eigenvalue weighted by Gasteiger charge is 2.21. The van der Waals surface area contributed by atoms with E-state index in [1.807, 2.05) is 137 Å². The number of Topliss-reactive ketones (excluding diaryl/α,β-unsaturated/α-hetero) is 2. The quantitative estimate of drug-likeness (QED) is 0.0991. The number of nitrogens with zero attached hydrogens (tertiary/aromatic N) is 1. The minimum atomic E-state index is -0.0965. The summed E-state index contributed by atoms with van der Waals surface area (Å²) in [6, 6.07) is 34.6.